The molecule has 4 aromatic rings. The molecule has 1 heterocycles. The third-order valence-corrected chi connectivity index (χ3v) is 10.7. The van der Waals surface area contributed by atoms with Gasteiger partial charge in [0, 0.05) is 18.6 Å². The van der Waals surface area contributed by atoms with Crippen LogP contribution in [0.2, 0.25) is 0 Å². The zero-order chi connectivity index (χ0) is 22.9. The molecule has 0 saturated heterocycles. The van der Waals surface area contributed by atoms with E-state index < -0.39 is 8.07 Å². The molecule has 0 spiro atoms. The molecule has 0 aliphatic rings. The first-order valence-corrected chi connectivity index (χ1v) is 13.9. The van der Waals surface area contributed by atoms with Crippen LogP contribution in [0.4, 0.5) is 0 Å². The molecule has 4 nitrogen and oxygen atoms in total. The minimum absolute atomic E-state index is 0.731. The van der Waals surface area contributed by atoms with Crippen LogP contribution in [0.15, 0.2) is 97.6 Å². The Kier molecular flexibility index (Phi) is 7.63. The molecule has 0 radical (unpaired) electrons. The maximum absolute atomic E-state index is 5.88. The van der Waals surface area contributed by atoms with Gasteiger partial charge in [-0.2, -0.15) is 0 Å². The van der Waals surface area contributed by atoms with Crippen molar-refractivity contribution in [2.75, 3.05) is 13.2 Å². The van der Waals surface area contributed by atoms with Crippen LogP contribution in [0.5, 0.6) is 11.5 Å². The number of nitrogens with zero attached hydrogens (tertiary/aromatic N) is 2. The zero-order valence-electron chi connectivity index (χ0n) is 19.5. The average molecular weight is 457 g/mol. The Bertz CT molecular complexity index is 1040. The van der Waals surface area contributed by atoms with E-state index in [0.29, 0.717) is 0 Å². The van der Waals surface area contributed by atoms with E-state index in [1.807, 2.05) is 12.5 Å². The summed E-state index contributed by atoms with van der Waals surface area (Å²) in [7, 11) is -2.42. The third-order valence-electron chi connectivity index (χ3n) is 5.89. The van der Waals surface area contributed by atoms with Gasteiger partial charge in [-0.25, -0.2) is 4.98 Å². The van der Waals surface area contributed by atoms with E-state index in [9.17, 15) is 0 Å². The van der Waals surface area contributed by atoms with Crippen LogP contribution in [0.1, 0.15) is 26.7 Å². The van der Waals surface area contributed by atoms with Crippen LogP contribution in [-0.4, -0.2) is 30.8 Å². The van der Waals surface area contributed by atoms with E-state index in [1.165, 1.54) is 15.6 Å². The molecule has 1 aromatic heterocycles. The van der Waals surface area contributed by atoms with E-state index in [1.54, 1.807) is 0 Å². The summed E-state index contributed by atoms with van der Waals surface area (Å²) in [5, 5.41) is 4.05. The van der Waals surface area contributed by atoms with Crippen LogP contribution in [0.25, 0.3) is 0 Å². The topological polar surface area (TPSA) is 36.3 Å². The quantitative estimate of drug-likeness (QED) is 0.251. The molecule has 33 heavy (non-hydrogen) atoms. The van der Waals surface area contributed by atoms with E-state index in [2.05, 4.69) is 108 Å². The van der Waals surface area contributed by atoms with Gasteiger partial charge in [-0.3, -0.25) is 0 Å². The molecular formula is C28H32N2O2Si. The average Bonchev–Trinajstić information content (AvgIpc) is 3.39. The minimum Gasteiger partial charge on any atom is -0.494 e. The number of rotatable bonds is 11. The summed E-state index contributed by atoms with van der Waals surface area (Å²) in [5.74, 6) is 1.84. The summed E-state index contributed by atoms with van der Waals surface area (Å²) in [4.78, 5) is 4.33. The van der Waals surface area contributed by atoms with Gasteiger partial charge in [0.25, 0.3) is 0 Å². The number of benzene rings is 3. The van der Waals surface area contributed by atoms with E-state index in [4.69, 9.17) is 9.47 Å². The molecule has 0 saturated carbocycles. The Morgan fingerprint density at radius 1 is 0.697 bits per heavy atom. The van der Waals surface area contributed by atoms with Gasteiger partial charge in [-0.15, -0.1) is 0 Å². The van der Waals surface area contributed by atoms with E-state index in [0.717, 1.165) is 43.7 Å². The molecule has 0 bridgehead atoms. The second-order valence-electron chi connectivity index (χ2n) is 8.25. The van der Waals surface area contributed by atoms with Gasteiger partial charge in [0.2, 0.25) is 0 Å². The molecule has 0 unspecified atom stereocenters. The fraction of sp³-hybridized carbons (Fsp3) is 0.250. The number of hydrogen-bond donors (Lipinski definition) is 0. The van der Waals surface area contributed by atoms with Gasteiger partial charge in [-0.1, -0.05) is 68.4 Å². The first-order valence-electron chi connectivity index (χ1n) is 11.7. The SMILES string of the molecule is CCCOc1ccc([Si](Cn2ccnc2)(c2ccccc2)c2ccc(OCCC)cc2)cc1. The van der Waals surface area contributed by atoms with Gasteiger partial charge >= 0.3 is 0 Å². The number of ether oxygens (including phenoxy) is 2. The maximum atomic E-state index is 5.88. The minimum atomic E-state index is -2.42. The summed E-state index contributed by atoms with van der Waals surface area (Å²) in [5.41, 5.74) is 0. The lowest BCUT2D eigenvalue weighted by Gasteiger charge is -2.34. The standard InChI is InChI=1S/C28H32N2O2Si/c1-3-20-31-24-10-14-27(15-11-24)33(23-30-19-18-29-22-30,26-8-6-5-7-9-26)28-16-12-25(13-17-28)32-21-4-2/h5-19,22H,3-4,20-21,23H2,1-2H3. The Morgan fingerprint density at radius 2 is 1.21 bits per heavy atom. The third kappa shape index (κ3) is 5.20. The lowest BCUT2D eigenvalue weighted by Crippen LogP contribution is -2.69. The molecule has 0 aliphatic carbocycles. The van der Waals surface area contributed by atoms with Gasteiger partial charge < -0.3 is 14.0 Å². The molecule has 0 amide bonds. The fourth-order valence-corrected chi connectivity index (χ4v) is 8.78. The Labute approximate surface area is 197 Å². The first kappa shape index (κ1) is 22.9. The normalized spacial score (nSPS) is 11.3. The number of hydrogen-bond acceptors (Lipinski definition) is 3. The van der Waals surface area contributed by atoms with Crippen molar-refractivity contribution in [3.8, 4) is 11.5 Å². The highest BCUT2D eigenvalue weighted by molar-refractivity contribution is 7.10. The van der Waals surface area contributed by atoms with Crippen molar-refractivity contribution < 1.29 is 9.47 Å². The molecule has 0 N–H and O–H groups in total. The first-order chi connectivity index (χ1) is 16.3. The monoisotopic (exact) mass is 456 g/mol. The summed E-state index contributed by atoms with van der Waals surface area (Å²) < 4.78 is 14.0. The van der Waals surface area contributed by atoms with E-state index in [-0.39, 0.29) is 0 Å². The molecule has 5 heteroatoms. The molecular weight excluding hydrogens is 424 g/mol. The van der Waals surface area contributed by atoms with Crippen molar-refractivity contribution in [2.24, 2.45) is 0 Å². The maximum Gasteiger partial charge on any atom is 0.168 e. The molecule has 0 atom stereocenters. The van der Waals surface area contributed by atoms with Crippen molar-refractivity contribution in [2.45, 2.75) is 32.9 Å². The van der Waals surface area contributed by atoms with E-state index >= 15 is 0 Å². The highest BCUT2D eigenvalue weighted by atomic mass is 28.3. The van der Waals surface area contributed by atoms with Crippen LogP contribution in [0.3, 0.4) is 0 Å². The zero-order valence-corrected chi connectivity index (χ0v) is 20.5. The highest BCUT2D eigenvalue weighted by Gasteiger charge is 2.40. The number of aromatic nitrogens is 2. The molecule has 4 rings (SSSR count). The second kappa shape index (κ2) is 11.0. The lowest BCUT2D eigenvalue weighted by molar-refractivity contribution is 0.317. The molecule has 170 valence electrons. The van der Waals surface area contributed by atoms with Crippen LogP contribution < -0.4 is 25.0 Å². The van der Waals surface area contributed by atoms with Crippen molar-refractivity contribution >= 4 is 23.6 Å². The molecule has 3 aromatic carbocycles. The van der Waals surface area contributed by atoms with Gasteiger partial charge in [-0.05, 0) is 52.7 Å². The van der Waals surface area contributed by atoms with Gasteiger partial charge in [0.15, 0.2) is 8.07 Å². The van der Waals surface area contributed by atoms with Crippen molar-refractivity contribution in [3.63, 3.8) is 0 Å². The lowest BCUT2D eigenvalue weighted by atomic mass is 10.3. The van der Waals surface area contributed by atoms with Crippen LogP contribution >= 0.6 is 0 Å². The Morgan fingerprint density at radius 3 is 1.67 bits per heavy atom. The van der Waals surface area contributed by atoms with Crippen molar-refractivity contribution in [1.82, 2.24) is 9.55 Å². The summed E-state index contributed by atoms with van der Waals surface area (Å²) in [6, 6.07) is 28.4. The largest absolute Gasteiger partial charge is 0.494 e. The van der Waals surface area contributed by atoms with Crippen LogP contribution in [0, 0.1) is 0 Å². The van der Waals surface area contributed by atoms with Crippen LogP contribution in [-0.2, 0) is 6.17 Å². The smallest absolute Gasteiger partial charge is 0.168 e. The summed E-state index contributed by atoms with van der Waals surface area (Å²) >= 11 is 0. The Hall–Kier alpha value is -3.31. The fourth-order valence-electron chi connectivity index (χ4n) is 4.26. The van der Waals surface area contributed by atoms with Crippen molar-refractivity contribution in [1.29, 1.82) is 0 Å². The molecule has 0 aliphatic heterocycles. The predicted octanol–water partition coefficient (Wildman–Crippen LogP) is 4.17. The van der Waals surface area contributed by atoms with Gasteiger partial charge in [0.1, 0.15) is 11.5 Å². The highest BCUT2D eigenvalue weighted by Crippen LogP contribution is 2.17. The Balaban J connectivity index is 1.85. The molecule has 0 fully saturated rings. The van der Waals surface area contributed by atoms with Crippen molar-refractivity contribution in [3.05, 3.63) is 97.6 Å². The second-order valence-corrected chi connectivity index (χ2v) is 12.1. The number of imidazole rings is 1. The predicted molar refractivity (Wildman–Crippen MR) is 138 cm³/mol. The van der Waals surface area contributed by atoms with Gasteiger partial charge in [0.05, 0.1) is 19.5 Å². The summed E-state index contributed by atoms with van der Waals surface area (Å²) in [6.07, 6.45) is 8.69. The summed E-state index contributed by atoms with van der Waals surface area (Å²) in [6.45, 7) is 5.71.